The molecule has 3 N–H and O–H groups in total. The van der Waals surface area contributed by atoms with Crippen LogP contribution in [-0.2, 0) is 14.4 Å². The van der Waals surface area contributed by atoms with Crippen molar-refractivity contribution >= 4 is 29.2 Å². The Labute approximate surface area is 188 Å². The maximum atomic E-state index is 13.1. The van der Waals surface area contributed by atoms with E-state index in [1.54, 1.807) is 0 Å². The van der Waals surface area contributed by atoms with Crippen LogP contribution in [0.1, 0.15) is 17.0 Å². The molecular weight excluding hydrogens is 432 g/mol. The number of hydrogen-bond acceptors (Lipinski definition) is 6. The summed E-state index contributed by atoms with van der Waals surface area (Å²) in [5.74, 6) is -4.15. The summed E-state index contributed by atoms with van der Waals surface area (Å²) >= 11 is 0. The second-order valence-electron chi connectivity index (χ2n) is 6.50. The summed E-state index contributed by atoms with van der Waals surface area (Å²) in [6.45, 7) is 0. The number of carbonyl (C=O) groups is 3. The van der Waals surface area contributed by atoms with Crippen LogP contribution >= 0.6 is 0 Å². The van der Waals surface area contributed by atoms with Crippen LogP contribution in [0.2, 0.25) is 0 Å². The van der Waals surface area contributed by atoms with Crippen LogP contribution in [0.5, 0.6) is 5.75 Å². The van der Waals surface area contributed by atoms with Gasteiger partial charge in [0.25, 0.3) is 5.69 Å². The molecule has 1 amide bonds. The number of non-ortho nitro benzene ring substituents is 1. The number of benzene rings is 3. The number of nitrogens with one attached hydrogen (secondary N) is 1. The van der Waals surface area contributed by atoms with E-state index in [2.05, 4.69) is 5.32 Å². The highest BCUT2D eigenvalue weighted by Gasteiger charge is 2.24. The van der Waals surface area contributed by atoms with Gasteiger partial charge in [-0.3, -0.25) is 14.9 Å². The van der Waals surface area contributed by atoms with E-state index in [-0.39, 0.29) is 17.3 Å². The van der Waals surface area contributed by atoms with Crippen LogP contribution in [0.4, 0.5) is 11.4 Å². The minimum atomic E-state index is -1.82. The summed E-state index contributed by atoms with van der Waals surface area (Å²) in [6, 6.07) is 22.8. The summed E-state index contributed by atoms with van der Waals surface area (Å²) in [5.41, 5.74) is 1.78. The van der Waals surface area contributed by atoms with Gasteiger partial charge in [0.05, 0.1) is 23.6 Å². The van der Waals surface area contributed by atoms with Crippen LogP contribution in [-0.4, -0.2) is 40.1 Å². The fourth-order valence-electron chi connectivity index (χ4n) is 2.90. The summed E-state index contributed by atoms with van der Waals surface area (Å²) in [7, 11) is 1.45. The lowest BCUT2D eigenvalue weighted by atomic mass is 9.90. The average molecular weight is 452 g/mol. The van der Waals surface area contributed by atoms with Gasteiger partial charge < -0.3 is 20.3 Å². The van der Waals surface area contributed by atoms with Gasteiger partial charge in [0.1, 0.15) is 5.75 Å². The van der Waals surface area contributed by atoms with Crippen molar-refractivity contribution in [1.82, 2.24) is 0 Å². The topological polar surface area (TPSA) is 156 Å². The molecule has 33 heavy (non-hydrogen) atoms. The number of nitro groups is 1. The lowest BCUT2D eigenvalue weighted by Gasteiger charge is -2.19. The number of amides is 1. The normalized spacial score (nSPS) is 9.88. The average Bonchev–Trinajstić information content (AvgIpc) is 2.81. The van der Waals surface area contributed by atoms with Crippen molar-refractivity contribution in [2.24, 2.45) is 0 Å². The van der Waals surface area contributed by atoms with Gasteiger partial charge in [0.15, 0.2) is 0 Å². The van der Waals surface area contributed by atoms with Crippen LogP contribution in [0.25, 0.3) is 0 Å². The van der Waals surface area contributed by atoms with E-state index in [1.807, 2.05) is 60.7 Å². The number of methoxy groups -OCH3 is 1. The van der Waals surface area contributed by atoms with E-state index >= 15 is 0 Å². The zero-order valence-electron chi connectivity index (χ0n) is 17.4. The molecule has 10 nitrogen and oxygen atoms in total. The first-order valence-corrected chi connectivity index (χ1v) is 9.44. The van der Waals surface area contributed by atoms with Crippen molar-refractivity contribution in [2.75, 3.05) is 12.4 Å². The summed E-state index contributed by atoms with van der Waals surface area (Å²) in [6.07, 6.45) is 0. The van der Waals surface area contributed by atoms with Crippen molar-refractivity contribution in [3.05, 3.63) is 100 Å². The Hall–Kier alpha value is -4.73. The van der Waals surface area contributed by atoms with Crippen molar-refractivity contribution in [3.63, 3.8) is 0 Å². The van der Waals surface area contributed by atoms with Crippen LogP contribution in [0.15, 0.2) is 78.9 Å². The molecule has 170 valence electrons. The van der Waals surface area contributed by atoms with Crippen LogP contribution < -0.4 is 10.1 Å². The number of hydrogen-bond donors (Lipinski definition) is 3. The Kier molecular flexibility index (Phi) is 8.63. The maximum Gasteiger partial charge on any atom is 0.414 e. The first-order chi connectivity index (χ1) is 15.7. The van der Waals surface area contributed by atoms with Crippen molar-refractivity contribution in [2.45, 2.75) is 5.92 Å². The molecule has 3 rings (SSSR count). The first kappa shape index (κ1) is 24.5. The van der Waals surface area contributed by atoms with Crippen molar-refractivity contribution in [1.29, 1.82) is 0 Å². The zero-order valence-corrected chi connectivity index (χ0v) is 17.4. The predicted molar refractivity (Wildman–Crippen MR) is 118 cm³/mol. The Balaban J connectivity index is 0.000000569. The highest BCUT2D eigenvalue weighted by atomic mass is 16.6. The van der Waals surface area contributed by atoms with E-state index in [1.165, 1.54) is 25.3 Å². The number of aliphatic carboxylic acids is 2. The van der Waals surface area contributed by atoms with Gasteiger partial charge in [-0.25, -0.2) is 9.59 Å². The minimum Gasteiger partial charge on any atom is -0.495 e. The van der Waals surface area contributed by atoms with Gasteiger partial charge in [-0.1, -0.05) is 60.7 Å². The summed E-state index contributed by atoms with van der Waals surface area (Å²) in [5, 5.41) is 28.6. The first-order valence-electron chi connectivity index (χ1n) is 9.44. The quantitative estimate of drug-likeness (QED) is 0.291. The smallest absolute Gasteiger partial charge is 0.414 e. The molecule has 0 saturated heterocycles. The number of nitrogens with zero attached hydrogens (tertiary/aromatic N) is 1. The van der Waals surface area contributed by atoms with E-state index in [4.69, 9.17) is 24.5 Å². The Bertz CT molecular complexity index is 1080. The Morgan fingerprint density at radius 1 is 0.879 bits per heavy atom. The number of rotatable bonds is 6. The van der Waals surface area contributed by atoms with Gasteiger partial charge in [0.2, 0.25) is 5.91 Å². The molecular formula is C23H20N2O8. The molecule has 0 aliphatic rings. The Morgan fingerprint density at radius 2 is 1.36 bits per heavy atom. The molecule has 0 aliphatic carbocycles. The Morgan fingerprint density at radius 3 is 1.76 bits per heavy atom. The van der Waals surface area contributed by atoms with E-state index in [9.17, 15) is 14.9 Å². The van der Waals surface area contributed by atoms with Crippen LogP contribution in [0.3, 0.4) is 0 Å². The third-order valence-corrected chi connectivity index (χ3v) is 4.36. The zero-order chi connectivity index (χ0) is 24.4. The fraction of sp³-hybridized carbons (Fsp3) is 0.0870. The number of carboxylic acid groups (broad SMARTS) is 2. The number of carbonyl (C=O) groups excluding carboxylic acids is 1. The molecule has 0 saturated carbocycles. The van der Waals surface area contributed by atoms with Gasteiger partial charge in [-0.05, 0) is 17.2 Å². The van der Waals surface area contributed by atoms with Crippen molar-refractivity contribution < 1.29 is 34.3 Å². The monoisotopic (exact) mass is 452 g/mol. The number of nitro benzene ring substituents is 1. The molecule has 3 aromatic carbocycles. The summed E-state index contributed by atoms with van der Waals surface area (Å²) < 4.78 is 5.23. The van der Waals surface area contributed by atoms with Crippen molar-refractivity contribution in [3.8, 4) is 5.75 Å². The number of anilines is 1. The third-order valence-electron chi connectivity index (χ3n) is 4.36. The molecule has 0 spiro atoms. The standard InChI is InChI=1S/C21H18N2O4.C2H2O4/c1-27-19-13-12-17(23(25)26)14-18(19)22-21(24)20(15-8-4-2-5-9-15)16-10-6-3-7-11-16;3-1(4)2(5)6/h2-14,20H,1H3,(H,22,24);(H,3,4)(H,5,6). The number of carboxylic acids is 2. The molecule has 0 bridgehead atoms. The number of ether oxygens (including phenoxy) is 1. The maximum absolute atomic E-state index is 13.1. The lowest BCUT2D eigenvalue weighted by Crippen LogP contribution is -2.22. The molecule has 0 radical (unpaired) electrons. The highest BCUT2D eigenvalue weighted by Crippen LogP contribution is 2.32. The third kappa shape index (κ3) is 6.89. The summed E-state index contributed by atoms with van der Waals surface area (Å²) in [4.78, 5) is 41.9. The van der Waals surface area contributed by atoms with E-state index in [0.717, 1.165) is 11.1 Å². The molecule has 0 fully saturated rings. The molecule has 0 unspecified atom stereocenters. The molecule has 10 heteroatoms. The van der Waals surface area contributed by atoms with Gasteiger partial charge >= 0.3 is 11.9 Å². The second kappa shape index (κ2) is 11.6. The van der Waals surface area contributed by atoms with Gasteiger partial charge in [0, 0.05) is 12.1 Å². The molecule has 3 aromatic rings. The fourth-order valence-corrected chi connectivity index (χ4v) is 2.90. The highest BCUT2D eigenvalue weighted by molar-refractivity contribution is 6.27. The van der Waals surface area contributed by atoms with E-state index < -0.39 is 22.8 Å². The molecule has 0 heterocycles. The molecule has 0 atom stereocenters. The van der Waals surface area contributed by atoms with Gasteiger partial charge in [-0.2, -0.15) is 0 Å². The minimum absolute atomic E-state index is 0.123. The van der Waals surface area contributed by atoms with Crippen LogP contribution in [0, 0.1) is 10.1 Å². The lowest BCUT2D eigenvalue weighted by molar-refractivity contribution is -0.384. The molecule has 0 aliphatic heterocycles. The molecule has 0 aromatic heterocycles. The van der Waals surface area contributed by atoms with E-state index in [0.29, 0.717) is 5.75 Å². The SMILES string of the molecule is COc1ccc([N+](=O)[O-])cc1NC(=O)C(c1ccccc1)c1ccccc1.O=C(O)C(=O)O. The van der Waals surface area contributed by atoms with Gasteiger partial charge in [-0.15, -0.1) is 0 Å². The predicted octanol–water partition coefficient (Wildman–Crippen LogP) is 3.53. The second-order valence-corrected chi connectivity index (χ2v) is 6.50. The largest absolute Gasteiger partial charge is 0.495 e.